The zero-order valence-electron chi connectivity index (χ0n) is 27.8. The number of hydrogen-bond donors (Lipinski definition) is 0. The molecule has 0 saturated carbocycles. The van der Waals surface area contributed by atoms with Crippen LogP contribution in [0.25, 0.3) is 83.9 Å². The van der Waals surface area contributed by atoms with E-state index in [0.717, 1.165) is 66.4 Å². The number of para-hydroxylation sites is 1. The Hall–Kier alpha value is -7.23. The van der Waals surface area contributed by atoms with E-state index < -0.39 is 0 Å². The van der Waals surface area contributed by atoms with Gasteiger partial charge in [0.25, 0.3) is 0 Å². The van der Waals surface area contributed by atoms with Gasteiger partial charge in [-0.1, -0.05) is 115 Å². The Bertz CT molecular complexity index is 2730. The van der Waals surface area contributed by atoms with Gasteiger partial charge in [-0.05, 0) is 76.9 Å². The first-order valence-corrected chi connectivity index (χ1v) is 16.9. The lowest BCUT2D eigenvalue weighted by atomic mass is 10.0. The molecule has 0 aliphatic carbocycles. The van der Waals surface area contributed by atoms with Crippen molar-refractivity contribution in [1.82, 2.24) is 19.5 Å². The molecule has 244 valence electrons. The van der Waals surface area contributed by atoms with Crippen LogP contribution in [0, 0.1) is 17.1 Å². The maximum absolute atomic E-state index is 14.0. The van der Waals surface area contributed by atoms with E-state index in [1.165, 1.54) is 12.1 Å². The zero-order chi connectivity index (χ0) is 35.0. The minimum absolute atomic E-state index is 0.284. The maximum Gasteiger partial charge on any atom is 0.166 e. The molecule has 0 spiro atoms. The smallest absolute Gasteiger partial charge is 0.166 e. The van der Waals surface area contributed by atoms with Crippen LogP contribution in [-0.2, 0) is 0 Å². The number of nitrogens with zero attached hydrogens (tertiary/aromatic N) is 5. The monoisotopic (exact) mass is 669 g/mol. The molecule has 0 fully saturated rings. The predicted octanol–water partition coefficient (Wildman–Crippen LogP) is 11.3. The standard InChI is InChI=1S/C46H28FN5/c47-37-23-19-32(20-24-37)36-21-25-39(46-50-44(33-9-3-1-4-10-33)49-45(51-46)34-11-5-2-6-12-34)43(28-36)52-41-14-8-7-13-38(41)40-27-35(22-26-42(40)52)31-17-15-30(29-48)16-18-31/h1-28H. The highest BCUT2D eigenvalue weighted by Gasteiger charge is 2.20. The lowest BCUT2D eigenvalue weighted by Gasteiger charge is -2.16. The molecule has 0 N–H and O–H groups in total. The number of benzene rings is 7. The van der Waals surface area contributed by atoms with Crippen molar-refractivity contribution in [3.63, 3.8) is 0 Å². The Balaban J connectivity index is 1.32. The first kappa shape index (κ1) is 30.8. The third kappa shape index (κ3) is 5.57. The van der Waals surface area contributed by atoms with Crippen molar-refractivity contribution in [3.8, 4) is 68.2 Å². The van der Waals surface area contributed by atoms with Crippen LogP contribution in [0.1, 0.15) is 5.56 Å². The van der Waals surface area contributed by atoms with Gasteiger partial charge in [0.15, 0.2) is 17.5 Å². The van der Waals surface area contributed by atoms with Gasteiger partial charge in [-0.25, -0.2) is 19.3 Å². The SMILES string of the molecule is N#Cc1ccc(-c2ccc3c(c2)c2ccccc2n3-c2cc(-c3ccc(F)cc3)ccc2-c2nc(-c3ccccc3)nc(-c3ccccc3)n2)cc1. The van der Waals surface area contributed by atoms with Crippen LogP contribution in [0.2, 0.25) is 0 Å². The highest BCUT2D eigenvalue weighted by molar-refractivity contribution is 6.11. The van der Waals surface area contributed by atoms with Crippen molar-refractivity contribution >= 4 is 21.8 Å². The molecular formula is C46H28FN5. The van der Waals surface area contributed by atoms with Gasteiger partial charge in [0.2, 0.25) is 0 Å². The van der Waals surface area contributed by atoms with E-state index in [9.17, 15) is 9.65 Å². The second kappa shape index (κ2) is 12.9. The van der Waals surface area contributed by atoms with Gasteiger partial charge >= 0.3 is 0 Å². The third-order valence-corrected chi connectivity index (χ3v) is 9.38. The number of aromatic nitrogens is 4. The Morgan fingerprint density at radius 1 is 0.442 bits per heavy atom. The average Bonchev–Trinajstić information content (AvgIpc) is 3.55. The van der Waals surface area contributed by atoms with Gasteiger partial charge < -0.3 is 4.57 Å². The van der Waals surface area contributed by atoms with Crippen LogP contribution >= 0.6 is 0 Å². The third-order valence-electron chi connectivity index (χ3n) is 9.38. The Morgan fingerprint density at radius 2 is 0.962 bits per heavy atom. The highest BCUT2D eigenvalue weighted by atomic mass is 19.1. The van der Waals surface area contributed by atoms with Crippen LogP contribution < -0.4 is 0 Å². The summed E-state index contributed by atoms with van der Waals surface area (Å²) in [6.07, 6.45) is 0. The molecule has 0 saturated heterocycles. The van der Waals surface area contributed by atoms with E-state index in [1.807, 2.05) is 97.1 Å². The van der Waals surface area contributed by atoms with E-state index in [2.05, 4.69) is 59.2 Å². The van der Waals surface area contributed by atoms with E-state index in [-0.39, 0.29) is 5.82 Å². The summed E-state index contributed by atoms with van der Waals surface area (Å²) in [6, 6.07) is 57.4. The summed E-state index contributed by atoms with van der Waals surface area (Å²) >= 11 is 0. The molecule has 5 nitrogen and oxygen atoms in total. The Morgan fingerprint density at radius 3 is 1.62 bits per heavy atom. The molecule has 9 rings (SSSR count). The van der Waals surface area contributed by atoms with Crippen LogP contribution in [0.4, 0.5) is 4.39 Å². The molecule has 0 radical (unpaired) electrons. The minimum Gasteiger partial charge on any atom is -0.308 e. The van der Waals surface area contributed by atoms with E-state index in [4.69, 9.17) is 15.0 Å². The highest BCUT2D eigenvalue weighted by Crippen LogP contribution is 2.39. The normalized spacial score (nSPS) is 11.2. The first-order valence-electron chi connectivity index (χ1n) is 16.9. The second-order valence-electron chi connectivity index (χ2n) is 12.6. The minimum atomic E-state index is -0.284. The molecule has 52 heavy (non-hydrogen) atoms. The zero-order valence-corrected chi connectivity index (χ0v) is 27.8. The summed E-state index contributed by atoms with van der Waals surface area (Å²) in [5, 5.41) is 11.5. The van der Waals surface area contributed by atoms with E-state index in [1.54, 1.807) is 12.1 Å². The fourth-order valence-electron chi connectivity index (χ4n) is 6.81. The van der Waals surface area contributed by atoms with Crippen molar-refractivity contribution in [1.29, 1.82) is 5.26 Å². The summed E-state index contributed by atoms with van der Waals surface area (Å²) in [7, 11) is 0. The molecule has 0 unspecified atom stereocenters. The molecule has 0 aliphatic rings. The number of hydrogen-bond acceptors (Lipinski definition) is 4. The molecule has 0 aliphatic heterocycles. The topological polar surface area (TPSA) is 67.4 Å². The lowest BCUT2D eigenvalue weighted by molar-refractivity contribution is 0.628. The summed E-state index contributed by atoms with van der Waals surface area (Å²) in [5.41, 5.74) is 10.0. The average molecular weight is 670 g/mol. The Kier molecular flexibility index (Phi) is 7.64. The van der Waals surface area contributed by atoms with Gasteiger partial charge in [0, 0.05) is 27.5 Å². The van der Waals surface area contributed by atoms with Gasteiger partial charge in [-0.3, -0.25) is 0 Å². The second-order valence-corrected chi connectivity index (χ2v) is 12.6. The van der Waals surface area contributed by atoms with E-state index >= 15 is 0 Å². The van der Waals surface area contributed by atoms with Crippen LogP contribution in [0.15, 0.2) is 170 Å². The number of rotatable bonds is 6. The fourth-order valence-corrected chi connectivity index (χ4v) is 6.81. The number of fused-ring (bicyclic) bond motifs is 3. The van der Waals surface area contributed by atoms with Gasteiger partial charge in [0.1, 0.15) is 5.82 Å². The molecule has 6 heteroatoms. The first-order chi connectivity index (χ1) is 25.6. The number of nitriles is 1. The largest absolute Gasteiger partial charge is 0.308 e. The van der Waals surface area contributed by atoms with Crippen molar-refractivity contribution in [2.75, 3.05) is 0 Å². The summed E-state index contributed by atoms with van der Waals surface area (Å²) < 4.78 is 16.3. The molecule has 7 aromatic carbocycles. The van der Waals surface area contributed by atoms with Gasteiger partial charge in [-0.15, -0.1) is 0 Å². The van der Waals surface area contributed by atoms with E-state index in [0.29, 0.717) is 23.0 Å². The van der Waals surface area contributed by atoms with Gasteiger partial charge in [-0.2, -0.15) is 5.26 Å². The molecule has 9 aromatic rings. The van der Waals surface area contributed by atoms with Crippen LogP contribution in [0.5, 0.6) is 0 Å². The van der Waals surface area contributed by atoms with Crippen molar-refractivity contribution in [2.24, 2.45) is 0 Å². The molecule has 0 atom stereocenters. The molecule has 0 amide bonds. The quantitative estimate of drug-likeness (QED) is 0.177. The lowest BCUT2D eigenvalue weighted by Crippen LogP contribution is -2.04. The maximum atomic E-state index is 14.0. The van der Waals surface area contributed by atoms with Crippen LogP contribution in [-0.4, -0.2) is 19.5 Å². The van der Waals surface area contributed by atoms with Crippen molar-refractivity contribution in [3.05, 3.63) is 181 Å². The van der Waals surface area contributed by atoms with Crippen molar-refractivity contribution < 1.29 is 4.39 Å². The predicted molar refractivity (Wildman–Crippen MR) is 206 cm³/mol. The van der Waals surface area contributed by atoms with Gasteiger partial charge in [0.05, 0.1) is 28.4 Å². The molecule has 2 aromatic heterocycles. The Labute approximate surface area is 299 Å². The molecule has 0 bridgehead atoms. The molecule has 2 heterocycles. The summed E-state index contributed by atoms with van der Waals surface area (Å²) in [4.78, 5) is 15.1. The molecular weight excluding hydrogens is 642 g/mol. The fraction of sp³-hybridized carbons (Fsp3) is 0. The van der Waals surface area contributed by atoms with Crippen molar-refractivity contribution in [2.45, 2.75) is 0 Å². The number of halogens is 1. The van der Waals surface area contributed by atoms with Crippen LogP contribution in [0.3, 0.4) is 0 Å². The summed E-state index contributed by atoms with van der Waals surface area (Å²) in [5.74, 6) is 1.40. The summed E-state index contributed by atoms with van der Waals surface area (Å²) in [6.45, 7) is 0.